The Balaban J connectivity index is 2.18. The zero-order valence-electron chi connectivity index (χ0n) is 12.1. The lowest BCUT2D eigenvalue weighted by molar-refractivity contribution is -0.0943. The molecule has 0 saturated heterocycles. The topological polar surface area (TPSA) is 35.0 Å². The molecule has 3 rings (SSSR count). The van der Waals surface area contributed by atoms with Gasteiger partial charge in [0.1, 0.15) is 5.76 Å². The fourth-order valence-electron chi connectivity index (χ4n) is 2.65. The molecule has 7 heteroatoms. The average Bonchev–Trinajstić information content (AvgIpc) is 2.52. The highest BCUT2D eigenvalue weighted by atomic mass is 35.5. The molecule has 0 atom stereocenters. The molecule has 1 aliphatic carbocycles. The number of aromatic nitrogens is 2. The number of halogens is 4. The molecule has 0 fully saturated rings. The Hall–Kier alpha value is -2.08. The van der Waals surface area contributed by atoms with E-state index in [1.54, 1.807) is 18.2 Å². The molecule has 0 unspecified atom stereocenters. The lowest BCUT2D eigenvalue weighted by Gasteiger charge is -2.21. The minimum absolute atomic E-state index is 0.0941. The van der Waals surface area contributed by atoms with E-state index in [1.807, 2.05) is 0 Å². The second-order valence-corrected chi connectivity index (χ2v) is 5.57. The van der Waals surface area contributed by atoms with Gasteiger partial charge in [-0.1, -0.05) is 17.7 Å². The highest BCUT2D eigenvalue weighted by Crippen LogP contribution is 2.40. The van der Waals surface area contributed by atoms with Gasteiger partial charge in [-0.2, -0.15) is 23.4 Å². The summed E-state index contributed by atoms with van der Waals surface area (Å²) >= 11 is 5.94. The molecule has 120 valence electrons. The summed E-state index contributed by atoms with van der Waals surface area (Å²) in [6, 6.07) is 5.16. The van der Waals surface area contributed by atoms with Crippen molar-refractivity contribution in [2.75, 3.05) is 7.11 Å². The molecule has 1 aliphatic rings. The van der Waals surface area contributed by atoms with E-state index < -0.39 is 11.7 Å². The average molecular weight is 341 g/mol. The Morgan fingerprint density at radius 1 is 1.22 bits per heavy atom. The van der Waals surface area contributed by atoms with Crippen LogP contribution >= 0.6 is 11.6 Å². The molecule has 23 heavy (non-hydrogen) atoms. The molecule has 0 spiro atoms. The van der Waals surface area contributed by atoms with Gasteiger partial charge in [-0.15, -0.1) is 0 Å². The SMILES string of the molecule is COC1=C(c2cnnc3cc(Cl)ccc23)CCC(C(F)(F)F)=C1. The van der Waals surface area contributed by atoms with E-state index in [0.29, 0.717) is 21.7 Å². The van der Waals surface area contributed by atoms with Crippen LogP contribution in [0.1, 0.15) is 18.4 Å². The quantitative estimate of drug-likeness (QED) is 0.778. The smallest absolute Gasteiger partial charge is 0.412 e. The lowest BCUT2D eigenvalue weighted by Crippen LogP contribution is -2.15. The van der Waals surface area contributed by atoms with Crippen LogP contribution in [-0.4, -0.2) is 23.5 Å². The van der Waals surface area contributed by atoms with Gasteiger partial charge in [-0.05, 0) is 31.1 Å². The lowest BCUT2D eigenvalue weighted by atomic mass is 9.90. The fraction of sp³-hybridized carbons (Fsp3) is 0.250. The third-order valence-electron chi connectivity index (χ3n) is 3.76. The zero-order valence-corrected chi connectivity index (χ0v) is 12.9. The predicted octanol–water partition coefficient (Wildman–Crippen LogP) is 4.92. The number of methoxy groups -OCH3 is 1. The Bertz CT molecular complexity index is 828. The Morgan fingerprint density at radius 2 is 2.00 bits per heavy atom. The van der Waals surface area contributed by atoms with Crippen molar-refractivity contribution in [2.24, 2.45) is 0 Å². The van der Waals surface area contributed by atoms with Gasteiger partial charge in [0, 0.05) is 27.1 Å². The van der Waals surface area contributed by atoms with Crippen molar-refractivity contribution >= 4 is 28.1 Å². The predicted molar refractivity (Wildman–Crippen MR) is 81.8 cm³/mol. The van der Waals surface area contributed by atoms with E-state index in [2.05, 4.69) is 10.2 Å². The summed E-state index contributed by atoms with van der Waals surface area (Å²) in [6.07, 6.45) is -1.62. The molecule has 0 bridgehead atoms. The van der Waals surface area contributed by atoms with Crippen LogP contribution in [0.2, 0.25) is 5.02 Å². The van der Waals surface area contributed by atoms with Crippen molar-refractivity contribution in [3.05, 3.63) is 52.4 Å². The highest BCUT2D eigenvalue weighted by Gasteiger charge is 2.35. The van der Waals surface area contributed by atoms with Crippen LogP contribution in [0.15, 0.2) is 41.8 Å². The molecule has 2 aromatic rings. The van der Waals surface area contributed by atoms with Gasteiger partial charge in [0.2, 0.25) is 0 Å². The summed E-state index contributed by atoms with van der Waals surface area (Å²) in [5.74, 6) is 0.202. The molecule has 1 heterocycles. The first-order chi connectivity index (χ1) is 10.9. The van der Waals surface area contributed by atoms with Crippen LogP contribution in [0.5, 0.6) is 0 Å². The van der Waals surface area contributed by atoms with Crippen LogP contribution in [0.3, 0.4) is 0 Å². The van der Waals surface area contributed by atoms with Crippen molar-refractivity contribution in [3.8, 4) is 0 Å². The van der Waals surface area contributed by atoms with E-state index in [0.717, 1.165) is 11.5 Å². The summed E-state index contributed by atoms with van der Waals surface area (Å²) in [5.41, 5.74) is 1.39. The standard InChI is InChI=1S/C16H12ClF3N2O/c1-23-15-6-9(16(18,19)20)2-4-12(15)13-8-21-22-14-7-10(17)3-5-11(13)14/h3,5-8H,2,4H2,1H3. The molecule has 0 aliphatic heterocycles. The fourth-order valence-corrected chi connectivity index (χ4v) is 2.81. The highest BCUT2D eigenvalue weighted by molar-refractivity contribution is 6.31. The number of nitrogens with zero attached hydrogens (tertiary/aromatic N) is 2. The van der Waals surface area contributed by atoms with E-state index in [9.17, 15) is 13.2 Å². The van der Waals surface area contributed by atoms with E-state index in [1.165, 1.54) is 13.3 Å². The number of hydrogen-bond donors (Lipinski definition) is 0. The Labute approximate surface area is 135 Å². The summed E-state index contributed by atoms with van der Waals surface area (Å²) in [4.78, 5) is 0. The minimum atomic E-state index is -4.35. The van der Waals surface area contributed by atoms with Gasteiger partial charge >= 0.3 is 6.18 Å². The van der Waals surface area contributed by atoms with Gasteiger partial charge in [-0.3, -0.25) is 0 Å². The summed E-state index contributed by atoms with van der Waals surface area (Å²) in [7, 11) is 1.36. The maximum Gasteiger partial charge on any atom is 0.412 e. The monoisotopic (exact) mass is 340 g/mol. The van der Waals surface area contributed by atoms with E-state index >= 15 is 0 Å². The first-order valence-corrected chi connectivity index (χ1v) is 7.24. The first-order valence-electron chi connectivity index (χ1n) is 6.86. The molecular formula is C16H12ClF3N2O. The molecule has 0 N–H and O–H groups in total. The number of hydrogen-bond acceptors (Lipinski definition) is 3. The third kappa shape index (κ3) is 3.03. The number of benzene rings is 1. The van der Waals surface area contributed by atoms with Crippen LogP contribution < -0.4 is 0 Å². The third-order valence-corrected chi connectivity index (χ3v) is 3.99. The van der Waals surface area contributed by atoms with Crippen LogP contribution in [-0.2, 0) is 4.74 Å². The van der Waals surface area contributed by atoms with Gasteiger partial charge in [0.15, 0.2) is 0 Å². The normalized spacial score (nSPS) is 15.8. The maximum atomic E-state index is 12.9. The summed E-state index contributed by atoms with van der Waals surface area (Å²) in [5, 5.41) is 9.23. The van der Waals surface area contributed by atoms with Crippen LogP contribution in [0.4, 0.5) is 13.2 Å². The van der Waals surface area contributed by atoms with Gasteiger partial charge in [0.05, 0.1) is 18.8 Å². The Morgan fingerprint density at radius 3 is 2.70 bits per heavy atom. The van der Waals surface area contributed by atoms with Gasteiger partial charge in [0.25, 0.3) is 0 Å². The van der Waals surface area contributed by atoms with Crippen molar-refractivity contribution in [2.45, 2.75) is 19.0 Å². The van der Waals surface area contributed by atoms with Crippen LogP contribution in [0, 0.1) is 0 Å². The van der Waals surface area contributed by atoms with Crippen molar-refractivity contribution < 1.29 is 17.9 Å². The molecule has 0 radical (unpaired) electrons. The van der Waals surface area contributed by atoms with E-state index in [4.69, 9.17) is 16.3 Å². The summed E-state index contributed by atoms with van der Waals surface area (Å²) < 4.78 is 43.9. The molecule has 3 nitrogen and oxygen atoms in total. The number of rotatable bonds is 2. The van der Waals surface area contributed by atoms with Crippen LogP contribution in [0.25, 0.3) is 16.5 Å². The van der Waals surface area contributed by atoms with Crippen molar-refractivity contribution in [3.63, 3.8) is 0 Å². The molecular weight excluding hydrogens is 329 g/mol. The van der Waals surface area contributed by atoms with Crippen molar-refractivity contribution in [1.82, 2.24) is 10.2 Å². The van der Waals surface area contributed by atoms with E-state index in [-0.39, 0.29) is 18.6 Å². The number of ether oxygens (including phenoxy) is 1. The summed E-state index contributed by atoms with van der Waals surface area (Å²) in [6.45, 7) is 0. The zero-order chi connectivity index (χ0) is 16.6. The number of alkyl halides is 3. The number of fused-ring (bicyclic) bond motifs is 1. The Kier molecular flexibility index (Phi) is 4.02. The first kappa shape index (κ1) is 15.8. The second kappa shape index (κ2) is 5.85. The molecule has 1 aromatic heterocycles. The molecule has 1 aromatic carbocycles. The maximum absolute atomic E-state index is 12.9. The second-order valence-electron chi connectivity index (χ2n) is 5.13. The largest absolute Gasteiger partial charge is 0.496 e. The van der Waals surface area contributed by atoms with Gasteiger partial charge < -0.3 is 4.74 Å². The molecule has 0 saturated carbocycles. The van der Waals surface area contributed by atoms with Crippen molar-refractivity contribution in [1.29, 1.82) is 0 Å². The minimum Gasteiger partial charge on any atom is -0.496 e. The number of allylic oxidation sites excluding steroid dienone is 3. The molecule has 0 amide bonds. The van der Waals surface area contributed by atoms with Gasteiger partial charge in [-0.25, -0.2) is 0 Å².